The van der Waals surface area contributed by atoms with Gasteiger partial charge in [0.1, 0.15) is 11.6 Å². The third-order valence-electron chi connectivity index (χ3n) is 5.40. The maximum absolute atomic E-state index is 14.8. The minimum atomic E-state index is -0.835. The minimum Gasteiger partial charge on any atom is -0.454 e. The maximum atomic E-state index is 14.8. The largest absolute Gasteiger partial charge is 0.454 e. The van der Waals surface area contributed by atoms with Gasteiger partial charge in [0.2, 0.25) is 5.91 Å². The van der Waals surface area contributed by atoms with Crippen LogP contribution in [0.5, 0.6) is 5.75 Å². The predicted octanol–water partition coefficient (Wildman–Crippen LogP) is 3.91. The minimum absolute atomic E-state index is 0.0349. The lowest BCUT2D eigenvalue weighted by Crippen LogP contribution is -2.41. The van der Waals surface area contributed by atoms with Crippen molar-refractivity contribution >= 4 is 24.2 Å². The van der Waals surface area contributed by atoms with Crippen LogP contribution < -0.4 is 15.8 Å². The van der Waals surface area contributed by atoms with Crippen LogP contribution in [-0.2, 0) is 24.4 Å². The molecule has 0 saturated heterocycles. The zero-order chi connectivity index (χ0) is 24.7. The summed E-state index contributed by atoms with van der Waals surface area (Å²) in [6.45, 7) is 7.50. The molecule has 34 heavy (non-hydrogen) atoms. The fourth-order valence-corrected chi connectivity index (χ4v) is 3.50. The lowest BCUT2D eigenvalue weighted by Gasteiger charge is -2.15. The lowest BCUT2D eigenvalue weighted by atomic mass is 10.1. The number of aliphatic imine (C=N–C) groups is 1. The molecule has 1 unspecified atom stereocenters. The van der Waals surface area contributed by atoms with Crippen LogP contribution in [0.4, 0.5) is 10.2 Å². The van der Waals surface area contributed by atoms with Gasteiger partial charge in [-0.25, -0.2) is 9.38 Å². The molecule has 0 bridgehead atoms. The number of hydrogen-bond acceptors (Lipinski definition) is 5. The van der Waals surface area contributed by atoms with Crippen LogP contribution in [0.3, 0.4) is 0 Å². The predicted molar refractivity (Wildman–Crippen MR) is 131 cm³/mol. The van der Waals surface area contributed by atoms with E-state index < -0.39 is 11.9 Å². The highest BCUT2D eigenvalue weighted by Gasteiger charge is 2.18. The molecule has 1 atom stereocenters. The van der Waals surface area contributed by atoms with Crippen LogP contribution in [-0.4, -0.2) is 28.8 Å². The SMILES string of the molecule is C=Nc1[nH]cc(C)c1/C(=C\C)Oc1ccc(CC(N)C(=O)NCc2ccc(CO)cc2)cc1F. The van der Waals surface area contributed by atoms with E-state index in [4.69, 9.17) is 15.6 Å². The Morgan fingerprint density at radius 2 is 1.94 bits per heavy atom. The summed E-state index contributed by atoms with van der Waals surface area (Å²) in [7, 11) is 0. The van der Waals surface area contributed by atoms with E-state index >= 15 is 0 Å². The number of rotatable bonds is 10. The average molecular weight is 465 g/mol. The molecule has 3 rings (SSSR count). The fraction of sp³-hybridized carbons (Fsp3) is 0.231. The van der Waals surface area contributed by atoms with Gasteiger partial charge in [0, 0.05) is 12.7 Å². The molecule has 1 heterocycles. The third kappa shape index (κ3) is 5.98. The number of carbonyl (C=O) groups excluding carboxylic acids is 1. The van der Waals surface area contributed by atoms with E-state index in [1.54, 1.807) is 37.4 Å². The monoisotopic (exact) mass is 464 g/mol. The summed E-state index contributed by atoms with van der Waals surface area (Å²) in [4.78, 5) is 19.3. The molecule has 0 fully saturated rings. The summed E-state index contributed by atoms with van der Waals surface area (Å²) in [5, 5.41) is 11.9. The Hall–Kier alpha value is -3.75. The topological polar surface area (TPSA) is 113 Å². The van der Waals surface area contributed by atoms with Gasteiger partial charge >= 0.3 is 0 Å². The molecule has 0 saturated carbocycles. The summed E-state index contributed by atoms with van der Waals surface area (Å²) in [6.07, 6.45) is 3.68. The molecule has 1 aromatic heterocycles. The molecule has 1 amide bonds. The smallest absolute Gasteiger partial charge is 0.237 e. The van der Waals surface area contributed by atoms with E-state index in [0.717, 1.165) is 16.7 Å². The van der Waals surface area contributed by atoms with Gasteiger partial charge in [0.25, 0.3) is 0 Å². The summed E-state index contributed by atoms with van der Waals surface area (Å²) in [5.74, 6) is 0.155. The first-order valence-electron chi connectivity index (χ1n) is 10.9. The summed E-state index contributed by atoms with van der Waals surface area (Å²) >= 11 is 0. The van der Waals surface area contributed by atoms with Crippen molar-refractivity contribution in [3.05, 3.63) is 88.4 Å². The van der Waals surface area contributed by atoms with Crippen molar-refractivity contribution in [1.29, 1.82) is 0 Å². The Morgan fingerprint density at radius 3 is 2.56 bits per heavy atom. The first-order valence-corrected chi connectivity index (χ1v) is 10.9. The molecule has 5 N–H and O–H groups in total. The first-order chi connectivity index (χ1) is 16.4. The molecule has 0 aliphatic carbocycles. The molecule has 0 radical (unpaired) electrons. The lowest BCUT2D eigenvalue weighted by molar-refractivity contribution is -0.122. The van der Waals surface area contributed by atoms with Gasteiger partial charge < -0.3 is 25.9 Å². The highest BCUT2D eigenvalue weighted by atomic mass is 19.1. The number of carbonyl (C=O) groups is 1. The van der Waals surface area contributed by atoms with E-state index in [9.17, 15) is 9.18 Å². The molecule has 2 aromatic carbocycles. The third-order valence-corrected chi connectivity index (χ3v) is 5.40. The Labute approximate surface area is 198 Å². The molecule has 7 nitrogen and oxygen atoms in total. The Kier molecular flexibility index (Phi) is 8.34. The van der Waals surface area contributed by atoms with Gasteiger partial charge in [-0.2, -0.15) is 0 Å². The Morgan fingerprint density at radius 1 is 1.26 bits per heavy atom. The second kappa shape index (κ2) is 11.4. The number of aliphatic hydroxyl groups is 1. The van der Waals surface area contributed by atoms with Crippen LogP contribution in [0.15, 0.2) is 59.7 Å². The maximum Gasteiger partial charge on any atom is 0.237 e. The van der Waals surface area contributed by atoms with Gasteiger partial charge in [0.05, 0.1) is 18.2 Å². The molecular weight excluding hydrogens is 435 g/mol. The van der Waals surface area contributed by atoms with Crippen molar-refractivity contribution in [1.82, 2.24) is 10.3 Å². The number of ether oxygens (including phenoxy) is 1. The summed E-state index contributed by atoms with van der Waals surface area (Å²) in [6, 6.07) is 10.9. The van der Waals surface area contributed by atoms with Crippen LogP contribution in [0.1, 0.15) is 34.7 Å². The normalized spacial score (nSPS) is 12.3. The first kappa shape index (κ1) is 24.9. The average Bonchev–Trinajstić information content (AvgIpc) is 3.22. The van der Waals surface area contributed by atoms with E-state index in [2.05, 4.69) is 22.0 Å². The number of benzene rings is 2. The van der Waals surface area contributed by atoms with Crippen LogP contribution in [0.25, 0.3) is 5.76 Å². The zero-order valence-corrected chi connectivity index (χ0v) is 19.3. The number of amides is 1. The van der Waals surface area contributed by atoms with Gasteiger partial charge in [-0.05, 0) is 67.4 Å². The number of aryl methyl sites for hydroxylation is 1. The van der Waals surface area contributed by atoms with Crippen molar-refractivity contribution in [2.45, 2.75) is 39.5 Å². The molecule has 0 aliphatic heterocycles. The number of hydrogen-bond donors (Lipinski definition) is 4. The molecule has 178 valence electrons. The number of nitrogens with zero attached hydrogens (tertiary/aromatic N) is 1. The molecular formula is C26H29FN4O3. The van der Waals surface area contributed by atoms with E-state index in [-0.39, 0.29) is 24.7 Å². The van der Waals surface area contributed by atoms with E-state index in [1.165, 1.54) is 12.1 Å². The Bertz CT molecular complexity index is 1190. The van der Waals surface area contributed by atoms with Crippen molar-refractivity contribution in [3.63, 3.8) is 0 Å². The fourth-order valence-electron chi connectivity index (χ4n) is 3.50. The number of aromatic amines is 1. The quantitative estimate of drug-likeness (QED) is 0.269. The number of nitrogens with one attached hydrogen (secondary N) is 2. The Balaban J connectivity index is 1.62. The van der Waals surface area contributed by atoms with Gasteiger partial charge in [0.15, 0.2) is 11.6 Å². The van der Waals surface area contributed by atoms with E-state index in [0.29, 0.717) is 29.2 Å². The van der Waals surface area contributed by atoms with Gasteiger partial charge in [-0.15, -0.1) is 0 Å². The van der Waals surface area contributed by atoms with Crippen molar-refractivity contribution in [2.75, 3.05) is 0 Å². The highest BCUT2D eigenvalue weighted by Crippen LogP contribution is 2.32. The summed E-state index contributed by atoms with van der Waals surface area (Å²) < 4.78 is 20.6. The van der Waals surface area contributed by atoms with Crippen LogP contribution in [0, 0.1) is 12.7 Å². The van der Waals surface area contributed by atoms with Gasteiger partial charge in [-0.1, -0.05) is 30.3 Å². The van der Waals surface area contributed by atoms with E-state index in [1.807, 2.05) is 19.1 Å². The second-order valence-corrected chi connectivity index (χ2v) is 7.88. The number of aromatic nitrogens is 1. The number of allylic oxidation sites excluding steroid dienone is 1. The summed E-state index contributed by atoms with van der Waals surface area (Å²) in [5.41, 5.74) is 9.90. The molecule has 0 aliphatic rings. The van der Waals surface area contributed by atoms with Crippen molar-refractivity contribution in [2.24, 2.45) is 10.7 Å². The van der Waals surface area contributed by atoms with Crippen molar-refractivity contribution in [3.8, 4) is 5.75 Å². The molecule has 8 heteroatoms. The second-order valence-electron chi connectivity index (χ2n) is 7.88. The van der Waals surface area contributed by atoms with Gasteiger partial charge in [-0.3, -0.25) is 4.79 Å². The number of nitrogens with two attached hydrogens (primary N) is 1. The zero-order valence-electron chi connectivity index (χ0n) is 19.3. The van der Waals surface area contributed by atoms with Crippen molar-refractivity contribution < 1.29 is 19.0 Å². The van der Waals surface area contributed by atoms with Crippen LogP contribution in [0.2, 0.25) is 0 Å². The number of halogens is 1. The molecule has 0 spiro atoms. The number of H-pyrrole nitrogens is 1. The molecule has 3 aromatic rings. The standard InChI is InChI=1S/C26H29FN4O3/c1-4-22(24-16(2)13-30-25(24)29-3)34-23-10-9-19(11-20(23)27)12-21(28)26(33)31-14-17-5-7-18(15-32)8-6-17/h4-11,13,21,30,32H,3,12,14-15,28H2,1-2H3,(H,31,33)/b22-4+. The van der Waals surface area contributed by atoms with Crippen LogP contribution >= 0.6 is 0 Å². The number of aliphatic hydroxyl groups excluding tert-OH is 1. The highest BCUT2D eigenvalue weighted by molar-refractivity contribution is 5.81.